The summed E-state index contributed by atoms with van der Waals surface area (Å²) in [5, 5.41) is 2.86. The van der Waals surface area contributed by atoms with Gasteiger partial charge >= 0.3 is 0 Å². The van der Waals surface area contributed by atoms with Crippen LogP contribution in [0.25, 0.3) is 0 Å². The van der Waals surface area contributed by atoms with Crippen molar-refractivity contribution in [1.82, 2.24) is 20.1 Å². The highest BCUT2D eigenvalue weighted by Gasteiger charge is 2.23. The molecule has 1 saturated heterocycles. The van der Waals surface area contributed by atoms with E-state index in [9.17, 15) is 4.79 Å². The number of carbonyl (C=O) groups is 1. The molecule has 1 amide bonds. The van der Waals surface area contributed by atoms with Gasteiger partial charge in [0.1, 0.15) is 6.61 Å². The second-order valence-electron chi connectivity index (χ2n) is 7.92. The molecular formula is C23H30N4O3. The first-order chi connectivity index (χ1) is 14.7. The van der Waals surface area contributed by atoms with Gasteiger partial charge in [0, 0.05) is 52.4 Å². The molecule has 4 rings (SSSR count). The summed E-state index contributed by atoms with van der Waals surface area (Å²) in [7, 11) is 0. The second-order valence-corrected chi connectivity index (χ2v) is 7.92. The normalized spacial score (nSPS) is 19.4. The van der Waals surface area contributed by atoms with Crippen molar-refractivity contribution < 1.29 is 14.3 Å². The van der Waals surface area contributed by atoms with Crippen LogP contribution >= 0.6 is 0 Å². The van der Waals surface area contributed by atoms with Crippen molar-refractivity contribution in [2.24, 2.45) is 0 Å². The van der Waals surface area contributed by atoms with Gasteiger partial charge in [-0.25, -0.2) is 4.98 Å². The van der Waals surface area contributed by atoms with Gasteiger partial charge in [0.25, 0.3) is 5.88 Å². The molecule has 1 atom stereocenters. The summed E-state index contributed by atoms with van der Waals surface area (Å²) in [5.41, 5.74) is 2.42. The molecule has 2 aliphatic heterocycles. The Bertz CT molecular complexity index is 835. The average Bonchev–Trinajstić information content (AvgIpc) is 2.78. The van der Waals surface area contributed by atoms with Gasteiger partial charge in [0.05, 0.1) is 0 Å². The Labute approximate surface area is 178 Å². The largest absolute Gasteiger partial charge is 0.484 e. The quantitative estimate of drug-likeness (QED) is 0.706. The molecule has 1 fully saturated rings. The lowest BCUT2D eigenvalue weighted by Gasteiger charge is -2.34. The third-order valence-corrected chi connectivity index (χ3v) is 5.63. The van der Waals surface area contributed by atoms with E-state index in [1.165, 1.54) is 5.56 Å². The fourth-order valence-corrected chi connectivity index (χ4v) is 3.91. The van der Waals surface area contributed by atoms with E-state index in [0.29, 0.717) is 18.2 Å². The first kappa shape index (κ1) is 20.6. The topological polar surface area (TPSA) is 66.9 Å². The number of carbonyl (C=O) groups excluding carboxylic acids is 1. The Balaban J connectivity index is 1.22. The Hall–Kier alpha value is -2.64. The van der Waals surface area contributed by atoms with Crippen molar-refractivity contribution >= 4 is 5.91 Å². The maximum atomic E-state index is 10.9. The van der Waals surface area contributed by atoms with Gasteiger partial charge in [-0.15, -0.1) is 0 Å². The van der Waals surface area contributed by atoms with Crippen LogP contribution in [0.1, 0.15) is 30.6 Å². The molecule has 0 saturated carbocycles. The van der Waals surface area contributed by atoms with E-state index in [1.54, 1.807) is 13.1 Å². The molecule has 0 aliphatic carbocycles. The van der Waals surface area contributed by atoms with Crippen molar-refractivity contribution in [2.75, 3.05) is 45.9 Å². The lowest BCUT2D eigenvalue weighted by atomic mass is 10.1. The molecule has 2 aliphatic rings. The van der Waals surface area contributed by atoms with Gasteiger partial charge in [-0.1, -0.05) is 24.3 Å². The van der Waals surface area contributed by atoms with Crippen molar-refractivity contribution in [3.63, 3.8) is 0 Å². The van der Waals surface area contributed by atoms with E-state index in [1.807, 2.05) is 12.1 Å². The van der Waals surface area contributed by atoms with Crippen LogP contribution in [-0.2, 0) is 11.3 Å². The van der Waals surface area contributed by atoms with Crippen molar-refractivity contribution in [3.8, 4) is 11.6 Å². The van der Waals surface area contributed by atoms with Gasteiger partial charge in [-0.2, -0.15) is 0 Å². The monoisotopic (exact) mass is 410 g/mol. The van der Waals surface area contributed by atoms with E-state index in [4.69, 9.17) is 9.47 Å². The van der Waals surface area contributed by atoms with E-state index in [-0.39, 0.29) is 12.0 Å². The molecule has 2 aromatic rings. The lowest BCUT2D eigenvalue weighted by Crippen LogP contribution is -2.46. The number of hydrogen-bond donors (Lipinski definition) is 1. The van der Waals surface area contributed by atoms with Crippen LogP contribution in [0.15, 0.2) is 42.6 Å². The Morgan fingerprint density at radius 3 is 2.67 bits per heavy atom. The zero-order valence-corrected chi connectivity index (χ0v) is 17.5. The maximum Gasteiger partial charge on any atom is 0.257 e. The fourth-order valence-electron chi connectivity index (χ4n) is 3.91. The minimum atomic E-state index is -0.123. The molecule has 1 aromatic carbocycles. The van der Waals surface area contributed by atoms with E-state index in [0.717, 1.165) is 57.8 Å². The van der Waals surface area contributed by atoms with E-state index < -0.39 is 0 Å². The molecular weight excluding hydrogens is 380 g/mol. The zero-order chi connectivity index (χ0) is 20.8. The Morgan fingerprint density at radius 2 is 1.90 bits per heavy atom. The Kier molecular flexibility index (Phi) is 6.81. The summed E-state index contributed by atoms with van der Waals surface area (Å²) in [5.74, 6) is 1.32. The lowest BCUT2D eigenvalue weighted by molar-refractivity contribution is -0.118. The molecule has 1 unspecified atom stereocenters. The number of rotatable bonds is 7. The van der Waals surface area contributed by atoms with Crippen LogP contribution in [0, 0.1) is 0 Å². The summed E-state index contributed by atoms with van der Waals surface area (Å²) in [6.45, 7) is 9.15. The summed E-state index contributed by atoms with van der Waals surface area (Å²) < 4.78 is 11.8. The molecule has 1 aromatic heterocycles. The number of amides is 1. The van der Waals surface area contributed by atoms with Crippen LogP contribution in [0.5, 0.6) is 11.6 Å². The average molecular weight is 411 g/mol. The summed E-state index contributed by atoms with van der Waals surface area (Å²) in [6.07, 6.45) is 2.60. The van der Waals surface area contributed by atoms with Crippen LogP contribution in [-0.4, -0.2) is 66.6 Å². The highest BCUT2D eigenvalue weighted by Crippen LogP contribution is 2.33. The van der Waals surface area contributed by atoms with Crippen LogP contribution in [0.4, 0.5) is 0 Å². The molecule has 160 valence electrons. The van der Waals surface area contributed by atoms with E-state index in [2.05, 4.69) is 44.4 Å². The molecule has 0 bridgehead atoms. The van der Waals surface area contributed by atoms with Crippen molar-refractivity contribution in [1.29, 1.82) is 0 Å². The number of hydrogen-bond acceptors (Lipinski definition) is 6. The van der Waals surface area contributed by atoms with Crippen molar-refractivity contribution in [2.45, 2.75) is 26.0 Å². The third-order valence-electron chi connectivity index (χ3n) is 5.63. The number of nitrogens with zero attached hydrogens (tertiary/aromatic N) is 3. The second kappa shape index (κ2) is 9.91. The minimum Gasteiger partial charge on any atom is -0.484 e. The summed E-state index contributed by atoms with van der Waals surface area (Å²) in [4.78, 5) is 20.2. The summed E-state index contributed by atoms with van der Waals surface area (Å²) in [6, 6.07) is 12.4. The number of piperazine rings is 1. The van der Waals surface area contributed by atoms with Crippen LogP contribution in [0.2, 0.25) is 0 Å². The number of nitrogens with one attached hydrogen (secondary N) is 1. The van der Waals surface area contributed by atoms with Gasteiger partial charge in [0.15, 0.2) is 11.9 Å². The summed E-state index contributed by atoms with van der Waals surface area (Å²) >= 11 is 0. The number of aromatic nitrogens is 1. The predicted octanol–water partition coefficient (Wildman–Crippen LogP) is 2.24. The highest BCUT2D eigenvalue weighted by molar-refractivity contribution is 5.72. The molecule has 0 radical (unpaired) electrons. The van der Waals surface area contributed by atoms with Gasteiger partial charge < -0.3 is 19.7 Å². The smallest absolute Gasteiger partial charge is 0.257 e. The number of ether oxygens (including phenoxy) is 2. The first-order valence-corrected chi connectivity index (χ1v) is 10.7. The number of benzene rings is 1. The molecule has 0 spiro atoms. The SMILES string of the molecule is CC(=O)NCCCN1CCN(Cc2ccc(C3COc4cccnc4O3)cc2)CC1. The molecule has 1 N–H and O–H groups in total. The number of fused-ring (bicyclic) bond motifs is 1. The maximum absolute atomic E-state index is 10.9. The standard InChI is InChI=1S/C23H30N4O3/c1-18(28)24-10-3-11-26-12-14-27(15-13-26)16-19-5-7-20(8-6-19)22-17-29-21-4-2-9-25-23(21)30-22/h2,4-9,22H,3,10-17H2,1H3,(H,24,28). The third kappa shape index (κ3) is 5.49. The van der Waals surface area contributed by atoms with Crippen molar-refractivity contribution in [3.05, 3.63) is 53.7 Å². The first-order valence-electron chi connectivity index (χ1n) is 10.7. The molecule has 3 heterocycles. The van der Waals surface area contributed by atoms with Gasteiger partial charge in [-0.05, 0) is 36.2 Å². The Morgan fingerprint density at radius 1 is 1.13 bits per heavy atom. The van der Waals surface area contributed by atoms with Crippen LogP contribution < -0.4 is 14.8 Å². The van der Waals surface area contributed by atoms with E-state index >= 15 is 0 Å². The van der Waals surface area contributed by atoms with Gasteiger partial charge in [-0.3, -0.25) is 9.69 Å². The molecule has 7 heteroatoms. The fraction of sp³-hybridized carbons (Fsp3) is 0.478. The number of pyridine rings is 1. The van der Waals surface area contributed by atoms with Crippen LogP contribution in [0.3, 0.4) is 0 Å². The highest BCUT2D eigenvalue weighted by atomic mass is 16.6. The molecule has 7 nitrogen and oxygen atoms in total. The zero-order valence-electron chi connectivity index (χ0n) is 17.5. The minimum absolute atomic E-state index is 0.0508. The van der Waals surface area contributed by atoms with Gasteiger partial charge in [0.2, 0.25) is 5.91 Å². The molecule has 30 heavy (non-hydrogen) atoms. The predicted molar refractivity (Wildman–Crippen MR) is 115 cm³/mol.